The van der Waals surface area contributed by atoms with E-state index in [1.165, 1.54) is 0 Å². The van der Waals surface area contributed by atoms with Crippen molar-refractivity contribution in [2.45, 2.75) is 19.9 Å². The van der Waals surface area contributed by atoms with Gasteiger partial charge in [-0.1, -0.05) is 6.92 Å². The highest BCUT2D eigenvalue weighted by Crippen LogP contribution is 1.98. The van der Waals surface area contributed by atoms with E-state index in [1.807, 2.05) is 0 Å². The lowest BCUT2D eigenvalue weighted by Gasteiger charge is -2.16. The Labute approximate surface area is 101 Å². The SMILES string of the molecule is COCCNC(=O)C(C)NC(=O)C(C)CCl. The third kappa shape index (κ3) is 5.92. The Morgan fingerprint density at radius 2 is 1.94 bits per heavy atom. The molecule has 2 unspecified atom stereocenters. The summed E-state index contributed by atoms with van der Waals surface area (Å²) >= 11 is 5.53. The van der Waals surface area contributed by atoms with E-state index in [4.69, 9.17) is 16.3 Å². The molecule has 0 rings (SSSR count). The molecule has 0 heterocycles. The molecule has 2 atom stereocenters. The lowest BCUT2D eigenvalue weighted by atomic mass is 10.2. The zero-order valence-electron chi connectivity index (χ0n) is 9.88. The van der Waals surface area contributed by atoms with Crippen molar-refractivity contribution < 1.29 is 14.3 Å². The molecule has 94 valence electrons. The van der Waals surface area contributed by atoms with Crippen molar-refractivity contribution in [2.24, 2.45) is 5.92 Å². The summed E-state index contributed by atoms with van der Waals surface area (Å²) in [5, 5.41) is 5.22. The van der Waals surface area contributed by atoms with Crippen LogP contribution in [0, 0.1) is 5.92 Å². The van der Waals surface area contributed by atoms with Crippen molar-refractivity contribution in [2.75, 3.05) is 26.1 Å². The van der Waals surface area contributed by atoms with E-state index >= 15 is 0 Å². The molecule has 0 aromatic heterocycles. The van der Waals surface area contributed by atoms with Gasteiger partial charge in [-0.2, -0.15) is 0 Å². The van der Waals surface area contributed by atoms with Gasteiger partial charge >= 0.3 is 0 Å². The van der Waals surface area contributed by atoms with Crippen molar-refractivity contribution in [3.8, 4) is 0 Å². The second-order valence-corrected chi connectivity index (χ2v) is 3.88. The fraction of sp³-hybridized carbons (Fsp3) is 0.800. The number of rotatable bonds is 7. The number of methoxy groups -OCH3 is 1. The highest BCUT2D eigenvalue weighted by Gasteiger charge is 2.18. The smallest absolute Gasteiger partial charge is 0.242 e. The molecule has 0 spiro atoms. The second kappa shape index (κ2) is 8.35. The summed E-state index contributed by atoms with van der Waals surface area (Å²) in [4.78, 5) is 22.9. The summed E-state index contributed by atoms with van der Waals surface area (Å²) in [5.41, 5.74) is 0. The predicted molar refractivity (Wildman–Crippen MR) is 62.4 cm³/mol. The number of halogens is 1. The van der Waals surface area contributed by atoms with Gasteiger partial charge in [0.15, 0.2) is 0 Å². The van der Waals surface area contributed by atoms with Gasteiger partial charge in [0.2, 0.25) is 11.8 Å². The van der Waals surface area contributed by atoms with Crippen LogP contribution in [0.5, 0.6) is 0 Å². The first-order chi connectivity index (χ1) is 7.52. The molecular weight excluding hydrogens is 232 g/mol. The van der Waals surface area contributed by atoms with Crippen molar-refractivity contribution >= 4 is 23.4 Å². The summed E-state index contributed by atoms with van der Waals surface area (Å²) in [6, 6.07) is -0.560. The van der Waals surface area contributed by atoms with Crippen LogP contribution in [0.3, 0.4) is 0 Å². The van der Waals surface area contributed by atoms with Gasteiger partial charge in [-0.25, -0.2) is 0 Å². The Bertz CT molecular complexity index is 236. The summed E-state index contributed by atoms with van der Waals surface area (Å²) in [6.07, 6.45) is 0. The molecule has 0 saturated carbocycles. The highest BCUT2D eigenvalue weighted by atomic mass is 35.5. The maximum absolute atomic E-state index is 11.4. The summed E-state index contributed by atoms with van der Waals surface area (Å²) in [7, 11) is 1.56. The minimum atomic E-state index is -0.560. The second-order valence-electron chi connectivity index (χ2n) is 3.57. The van der Waals surface area contributed by atoms with Gasteiger partial charge in [-0.05, 0) is 6.92 Å². The quantitative estimate of drug-likeness (QED) is 0.499. The molecule has 0 aliphatic carbocycles. The Kier molecular flexibility index (Phi) is 7.93. The summed E-state index contributed by atoms with van der Waals surface area (Å²) < 4.78 is 4.79. The minimum absolute atomic E-state index is 0.218. The van der Waals surface area contributed by atoms with E-state index in [2.05, 4.69) is 10.6 Å². The van der Waals surface area contributed by atoms with Crippen LogP contribution in [0.25, 0.3) is 0 Å². The molecule has 6 heteroatoms. The lowest BCUT2D eigenvalue weighted by Crippen LogP contribution is -2.47. The number of amides is 2. The number of hydrogen-bond acceptors (Lipinski definition) is 3. The number of carbonyl (C=O) groups excluding carboxylic acids is 2. The largest absolute Gasteiger partial charge is 0.383 e. The highest BCUT2D eigenvalue weighted by molar-refractivity contribution is 6.19. The van der Waals surface area contributed by atoms with Crippen LogP contribution >= 0.6 is 11.6 Å². The zero-order valence-corrected chi connectivity index (χ0v) is 10.6. The topological polar surface area (TPSA) is 67.4 Å². The summed E-state index contributed by atoms with van der Waals surface area (Å²) in [5.74, 6) is -0.503. The monoisotopic (exact) mass is 250 g/mol. The van der Waals surface area contributed by atoms with Gasteiger partial charge in [0.1, 0.15) is 6.04 Å². The first-order valence-corrected chi connectivity index (χ1v) is 5.69. The number of hydrogen-bond donors (Lipinski definition) is 2. The number of carbonyl (C=O) groups is 2. The molecule has 0 fully saturated rings. The van der Waals surface area contributed by atoms with Crippen LogP contribution in [0.2, 0.25) is 0 Å². The Hall–Kier alpha value is -0.810. The summed E-state index contributed by atoms with van der Waals surface area (Å²) in [6.45, 7) is 4.21. The van der Waals surface area contributed by atoms with Gasteiger partial charge in [0, 0.05) is 25.5 Å². The van der Waals surface area contributed by atoms with Crippen molar-refractivity contribution in [1.82, 2.24) is 10.6 Å². The maximum atomic E-state index is 11.4. The van der Waals surface area contributed by atoms with Crippen LogP contribution in [-0.2, 0) is 14.3 Å². The van der Waals surface area contributed by atoms with E-state index in [0.29, 0.717) is 13.2 Å². The first-order valence-electron chi connectivity index (χ1n) is 5.15. The van der Waals surface area contributed by atoms with E-state index in [9.17, 15) is 9.59 Å². The van der Waals surface area contributed by atoms with Crippen LogP contribution in [-0.4, -0.2) is 44.0 Å². The minimum Gasteiger partial charge on any atom is -0.383 e. The molecular formula is C10H19ClN2O3. The number of ether oxygens (including phenoxy) is 1. The Morgan fingerprint density at radius 1 is 1.31 bits per heavy atom. The molecule has 5 nitrogen and oxygen atoms in total. The predicted octanol–water partition coefficient (Wildman–Crippen LogP) is 0.129. The molecule has 16 heavy (non-hydrogen) atoms. The Balaban J connectivity index is 3.91. The molecule has 0 aromatic rings. The normalized spacial score (nSPS) is 14.0. The van der Waals surface area contributed by atoms with Gasteiger partial charge in [0.05, 0.1) is 6.61 Å². The molecule has 0 radical (unpaired) electrons. The Morgan fingerprint density at radius 3 is 2.44 bits per heavy atom. The van der Waals surface area contributed by atoms with Gasteiger partial charge in [0.25, 0.3) is 0 Å². The maximum Gasteiger partial charge on any atom is 0.242 e. The third-order valence-electron chi connectivity index (χ3n) is 2.04. The van der Waals surface area contributed by atoms with Gasteiger partial charge in [-0.3, -0.25) is 9.59 Å². The van der Waals surface area contributed by atoms with Crippen LogP contribution in [0.1, 0.15) is 13.8 Å². The molecule has 0 aliphatic rings. The van der Waals surface area contributed by atoms with Crippen LogP contribution < -0.4 is 10.6 Å². The molecule has 0 aromatic carbocycles. The van der Waals surface area contributed by atoms with E-state index in [1.54, 1.807) is 21.0 Å². The van der Waals surface area contributed by atoms with Crippen molar-refractivity contribution in [3.05, 3.63) is 0 Å². The van der Waals surface area contributed by atoms with Crippen molar-refractivity contribution in [1.29, 1.82) is 0 Å². The third-order valence-corrected chi connectivity index (χ3v) is 2.50. The fourth-order valence-electron chi connectivity index (χ4n) is 0.921. The molecule has 2 amide bonds. The van der Waals surface area contributed by atoms with Crippen LogP contribution in [0.4, 0.5) is 0 Å². The number of nitrogens with one attached hydrogen (secondary N) is 2. The number of alkyl halides is 1. The average Bonchev–Trinajstić information content (AvgIpc) is 2.27. The van der Waals surface area contributed by atoms with E-state index in [0.717, 1.165) is 0 Å². The fourth-order valence-corrected chi connectivity index (χ4v) is 1.06. The zero-order chi connectivity index (χ0) is 12.6. The molecule has 2 N–H and O–H groups in total. The standard InChI is InChI=1S/C10H19ClN2O3/c1-7(6-11)9(14)13-8(2)10(15)12-4-5-16-3/h7-8H,4-6H2,1-3H3,(H,12,15)(H,13,14). The molecule has 0 saturated heterocycles. The average molecular weight is 251 g/mol. The van der Waals surface area contributed by atoms with Crippen molar-refractivity contribution in [3.63, 3.8) is 0 Å². The van der Waals surface area contributed by atoms with Gasteiger partial charge in [-0.15, -0.1) is 11.6 Å². The lowest BCUT2D eigenvalue weighted by molar-refractivity contribution is -0.130. The first kappa shape index (κ1) is 15.2. The van der Waals surface area contributed by atoms with Crippen LogP contribution in [0.15, 0.2) is 0 Å². The van der Waals surface area contributed by atoms with E-state index < -0.39 is 6.04 Å². The van der Waals surface area contributed by atoms with E-state index in [-0.39, 0.29) is 23.6 Å². The molecule has 0 aliphatic heterocycles. The van der Waals surface area contributed by atoms with Gasteiger partial charge < -0.3 is 15.4 Å². The molecule has 0 bridgehead atoms.